The molecule has 0 unspecified atom stereocenters. The maximum Gasteiger partial charge on any atom is 0.322 e. The molecule has 2 aromatic heterocycles. The highest BCUT2D eigenvalue weighted by Crippen LogP contribution is 2.19. The number of ether oxygens (including phenoxy) is 1. The number of hydrogen-bond acceptors (Lipinski definition) is 4. The number of fused-ring (bicyclic) bond motifs is 1. The van der Waals surface area contributed by atoms with Gasteiger partial charge in [-0.1, -0.05) is 0 Å². The van der Waals surface area contributed by atoms with Crippen molar-refractivity contribution in [2.24, 2.45) is 0 Å². The van der Waals surface area contributed by atoms with Crippen LogP contribution in [0.5, 0.6) is 0 Å². The normalized spacial score (nSPS) is 22.5. The number of aryl methyl sites for hydroxylation is 1. The molecule has 1 aliphatic heterocycles. The molecular weight excluding hydrogens is 270 g/mol. The van der Waals surface area contributed by atoms with Gasteiger partial charge in [0.15, 0.2) is 5.65 Å². The van der Waals surface area contributed by atoms with Gasteiger partial charge in [-0.3, -0.25) is 5.10 Å². The predicted octanol–water partition coefficient (Wildman–Crippen LogP) is 1.91. The molecule has 0 saturated carbocycles. The monoisotopic (exact) mass is 289 g/mol. The van der Waals surface area contributed by atoms with E-state index in [4.69, 9.17) is 4.74 Å². The standard InChI is InChI=1S/C14H19N5O2/c1-8-12-6-11(7-15-13(12)18-17-8)16-14(20)19-4-5-21-10(3)9(19)2/h6-7,9-10H,4-5H2,1-3H3,(H,16,20)(H,15,17,18)/t9-,10+/m1/s1. The van der Waals surface area contributed by atoms with Crippen LogP contribution in [-0.2, 0) is 4.74 Å². The van der Waals surface area contributed by atoms with E-state index in [9.17, 15) is 4.79 Å². The van der Waals surface area contributed by atoms with Crippen molar-refractivity contribution in [1.82, 2.24) is 20.1 Å². The lowest BCUT2D eigenvalue weighted by Crippen LogP contribution is -2.52. The molecule has 7 heteroatoms. The van der Waals surface area contributed by atoms with E-state index in [2.05, 4.69) is 20.5 Å². The van der Waals surface area contributed by atoms with Crippen molar-refractivity contribution in [3.63, 3.8) is 0 Å². The number of amides is 2. The van der Waals surface area contributed by atoms with Crippen molar-refractivity contribution in [2.75, 3.05) is 18.5 Å². The number of rotatable bonds is 1. The fourth-order valence-corrected chi connectivity index (χ4v) is 2.50. The number of nitrogens with zero attached hydrogens (tertiary/aromatic N) is 3. The van der Waals surface area contributed by atoms with Gasteiger partial charge in [-0.2, -0.15) is 5.10 Å². The van der Waals surface area contributed by atoms with E-state index in [1.165, 1.54) is 0 Å². The number of urea groups is 1. The molecule has 0 aromatic carbocycles. The lowest BCUT2D eigenvalue weighted by molar-refractivity contribution is -0.0355. The smallest absolute Gasteiger partial charge is 0.322 e. The van der Waals surface area contributed by atoms with Crippen molar-refractivity contribution >= 4 is 22.8 Å². The van der Waals surface area contributed by atoms with Crippen LogP contribution in [-0.4, -0.2) is 51.4 Å². The third kappa shape index (κ3) is 2.56. The highest BCUT2D eigenvalue weighted by Gasteiger charge is 2.29. The Morgan fingerprint density at radius 2 is 2.33 bits per heavy atom. The van der Waals surface area contributed by atoms with Crippen LogP contribution < -0.4 is 5.32 Å². The van der Waals surface area contributed by atoms with Gasteiger partial charge < -0.3 is 15.0 Å². The first-order chi connectivity index (χ1) is 10.1. The summed E-state index contributed by atoms with van der Waals surface area (Å²) in [6.07, 6.45) is 1.66. The van der Waals surface area contributed by atoms with E-state index in [0.29, 0.717) is 24.5 Å². The zero-order valence-corrected chi connectivity index (χ0v) is 12.4. The third-order valence-electron chi connectivity index (χ3n) is 4.00. The Morgan fingerprint density at radius 1 is 1.52 bits per heavy atom. The number of carbonyl (C=O) groups is 1. The van der Waals surface area contributed by atoms with E-state index in [-0.39, 0.29) is 18.2 Å². The van der Waals surface area contributed by atoms with Gasteiger partial charge in [0, 0.05) is 17.6 Å². The Kier molecular flexibility index (Phi) is 3.50. The molecule has 1 fully saturated rings. The van der Waals surface area contributed by atoms with Crippen LogP contribution in [0.2, 0.25) is 0 Å². The van der Waals surface area contributed by atoms with Gasteiger partial charge in [-0.25, -0.2) is 9.78 Å². The Bertz CT molecular complexity index is 668. The van der Waals surface area contributed by atoms with Gasteiger partial charge in [0.1, 0.15) is 0 Å². The molecule has 7 nitrogen and oxygen atoms in total. The van der Waals surface area contributed by atoms with Crippen LogP contribution in [0.4, 0.5) is 10.5 Å². The molecule has 1 aliphatic rings. The van der Waals surface area contributed by atoms with Gasteiger partial charge >= 0.3 is 6.03 Å². The lowest BCUT2D eigenvalue weighted by atomic mass is 10.1. The SMILES string of the molecule is Cc1[nH]nc2ncc(NC(=O)N3CCO[C@@H](C)[C@H]3C)cc12. The maximum atomic E-state index is 12.4. The van der Waals surface area contributed by atoms with Crippen molar-refractivity contribution in [3.8, 4) is 0 Å². The second-order valence-electron chi connectivity index (χ2n) is 5.38. The van der Waals surface area contributed by atoms with Crippen LogP contribution in [0.1, 0.15) is 19.5 Å². The van der Waals surface area contributed by atoms with Crippen molar-refractivity contribution in [1.29, 1.82) is 0 Å². The second-order valence-corrected chi connectivity index (χ2v) is 5.38. The zero-order valence-electron chi connectivity index (χ0n) is 12.4. The summed E-state index contributed by atoms with van der Waals surface area (Å²) in [5, 5.41) is 10.8. The van der Waals surface area contributed by atoms with Crippen molar-refractivity contribution in [3.05, 3.63) is 18.0 Å². The molecule has 112 valence electrons. The summed E-state index contributed by atoms with van der Waals surface area (Å²) in [5.74, 6) is 0. The summed E-state index contributed by atoms with van der Waals surface area (Å²) in [4.78, 5) is 18.4. The minimum atomic E-state index is -0.125. The average molecular weight is 289 g/mol. The molecule has 2 amide bonds. The molecule has 21 heavy (non-hydrogen) atoms. The van der Waals surface area contributed by atoms with Gasteiger partial charge in [0.25, 0.3) is 0 Å². The molecule has 0 radical (unpaired) electrons. The maximum absolute atomic E-state index is 12.4. The number of anilines is 1. The van der Waals surface area contributed by atoms with Crippen LogP contribution in [0, 0.1) is 6.92 Å². The summed E-state index contributed by atoms with van der Waals surface area (Å²) in [7, 11) is 0. The van der Waals surface area contributed by atoms with Gasteiger partial charge in [0.05, 0.1) is 30.6 Å². The summed E-state index contributed by atoms with van der Waals surface area (Å²) < 4.78 is 5.54. The highest BCUT2D eigenvalue weighted by atomic mass is 16.5. The molecule has 3 heterocycles. The molecule has 0 spiro atoms. The van der Waals surface area contributed by atoms with Crippen molar-refractivity contribution < 1.29 is 9.53 Å². The summed E-state index contributed by atoms with van der Waals surface area (Å²) in [6, 6.07) is 1.80. The van der Waals surface area contributed by atoms with Gasteiger partial charge in [-0.05, 0) is 26.8 Å². The summed E-state index contributed by atoms with van der Waals surface area (Å²) in [5.41, 5.74) is 2.25. The first-order valence-electron chi connectivity index (χ1n) is 7.06. The average Bonchev–Trinajstić information content (AvgIpc) is 2.83. The molecule has 3 rings (SSSR count). The summed E-state index contributed by atoms with van der Waals surface area (Å²) in [6.45, 7) is 7.06. The van der Waals surface area contributed by atoms with E-state index < -0.39 is 0 Å². The fourth-order valence-electron chi connectivity index (χ4n) is 2.50. The Labute approximate surface area is 122 Å². The number of H-pyrrole nitrogens is 1. The first kappa shape index (κ1) is 13.8. The second kappa shape index (κ2) is 5.33. The molecular formula is C14H19N5O2. The zero-order chi connectivity index (χ0) is 15.0. The molecule has 0 aliphatic carbocycles. The Morgan fingerprint density at radius 3 is 3.14 bits per heavy atom. The van der Waals surface area contributed by atoms with E-state index in [0.717, 1.165) is 11.1 Å². The minimum Gasteiger partial charge on any atom is -0.375 e. The number of aromatic nitrogens is 3. The fraction of sp³-hybridized carbons (Fsp3) is 0.500. The van der Waals surface area contributed by atoms with E-state index in [1.807, 2.05) is 26.8 Å². The number of morpholine rings is 1. The molecule has 2 aromatic rings. The number of carbonyl (C=O) groups excluding carboxylic acids is 1. The van der Waals surface area contributed by atoms with Gasteiger partial charge in [-0.15, -0.1) is 0 Å². The molecule has 1 saturated heterocycles. The number of aromatic amines is 1. The molecule has 2 atom stereocenters. The largest absolute Gasteiger partial charge is 0.375 e. The van der Waals surface area contributed by atoms with Crippen LogP contribution in [0.15, 0.2) is 12.3 Å². The minimum absolute atomic E-state index is 0.0428. The third-order valence-corrected chi connectivity index (χ3v) is 4.00. The molecule has 2 N–H and O–H groups in total. The Hall–Kier alpha value is -2.15. The van der Waals surface area contributed by atoms with Crippen LogP contribution in [0.25, 0.3) is 11.0 Å². The lowest BCUT2D eigenvalue weighted by Gasteiger charge is -2.37. The number of pyridine rings is 1. The Balaban J connectivity index is 1.77. The quantitative estimate of drug-likeness (QED) is 0.840. The predicted molar refractivity (Wildman–Crippen MR) is 79.2 cm³/mol. The number of hydrogen-bond donors (Lipinski definition) is 2. The topological polar surface area (TPSA) is 83.1 Å². The van der Waals surface area contributed by atoms with Crippen LogP contribution >= 0.6 is 0 Å². The van der Waals surface area contributed by atoms with E-state index >= 15 is 0 Å². The van der Waals surface area contributed by atoms with E-state index in [1.54, 1.807) is 11.1 Å². The van der Waals surface area contributed by atoms with Crippen molar-refractivity contribution in [2.45, 2.75) is 32.9 Å². The first-order valence-corrected chi connectivity index (χ1v) is 7.06. The number of nitrogens with one attached hydrogen (secondary N) is 2. The highest BCUT2D eigenvalue weighted by molar-refractivity contribution is 5.92. The summed E-state index contributed by atoms with van der Waals surface area (Å²) >= 11 is 0. The van der Waals surface area contributed by atoms with Crippen LogP contribution in [0.3, 0.4) is 0 Å². The molecule has 0 bridgehead atoms. The van der Waals surface area contributed by atoms with Gasteiger partial charge in [0.2, 0.25) is 0 Å².